The number of carbonyl (C=O) groups excluding carboxylic acids is 4. The highest BCUT2D eigenvalue weighted by Crippen LogP contribution is 2.58. The Morgan fingerprint density at radius 1 is 1.04 bits per heavy atom. The number of nitrogens with zero attached hydrogens (tertiary/aromatic N) is 2. The van der Waals surface area contributed by atoms with Crippen LogP contribution >= 0.6 is 0 Å². The van der Waals surface area contributed by atoms with Gasteiger partial charge in [-0.15, -0.1) is 0 Å². The van der Waals surface area contributed by atoms with E-state index in [0.717, 1.165) is 42.2 Å². The van der Waals surface area contributed by atoms with E-state index in [2.05, 4.69) is 18.2 Å². The van der Waals surface area contributed by atoms with Crippen molar-refractivity contribution in [3.8, 4) is 22.8 Å². The summed E-state index contributed by atoms with van der Waals surface area (Å²) >= 11 is 0. The van der Waals surface area contributed by atoms with Crippen LogP contribution in [0.1, 0.15) is 90.5 Å². The molecule has 56 heavy (non-hydrogen) atoms. The molecule has 5 atom stereocenters. The van der Waals surface area contributed by atoms with Crippen molar-refractivity contribution in [2.45, 2.75) is 97.1 Å². The van der Waals surface area contributed by atoms with Crippen molar-refractivity contribution in [2.75, 3.05) is 26.9 Å². The Kier molecular flexibility index (Phi) is 11.7. The second kappa shape index (κ2) is 16.6. The second-order valence-corrected chi connectivity index (χ2v) is 16.7. The Morgan fingerprint density at radius 2 is 1.86 bits per heavy atom. The molecule has 1 aromatic heterocycles. The van der Waals surface area contributed by atoms with Crippen LogP contribution in [0.25, 0.3) is 28.2 Å². The third kappa shape index (κ3) is 8.54. The van der Waals surface area contributed by atoms with Gasteiger partial charge in [-0.3, -0.25) is 19.2 Å². The van der Waals surface area contributed by atoms with E-state index in [-0.39, 0.29) is 68.0 Å². The number of rotatable bonds is 4. The molecule has 7 rings (SSSR count). The molecule has 3 aromatic rings. The van der Waals surface area contributed by atoms with Gasteiger partial charge >= 0.3 is 11.9 Å². The number of hydrogen-bond acceptors (Lipinski definition) is 9. The van der Waals surface area contributed by atoms with E-state index >= 15 is 0 Å². The summed E-state index contributed by atoms with van der Waals surface area (Å²) in [5, 5.41) is 0.772. The monoisotopic (exact) mass is 762 g/mol. The van der Waals surface area contributed by atoms with E-state index in [9.17, 15) is 19.2 Å². The molecule has 2 aromatic carbocycles. The molecule has 4 heterocycles. The molecule has 5 bridgehead atoms. The first-order valence-electron chi connectivity index (χ1n) is 20.2. The van der Waals surface area contributed by atoms with Gasteiger partial charge in [-0.1, -0.05) is 81.3 Å². The van der Waals surface area contributed by atoms with Gasteiger partial charge in [0.2, 0.25) is 5.91 Å². The highest BCUT2D eigenvalue weighted by atomic mass is 16.5. The third-order valence-electron chi connectivity index (χ3n) is 11.9. The Bertz CT molecular complexity index is 2020. The number of amides is 1. The van der Waals surface area contributed by atoms with Crippen LogP contribution in [0, 0.1) is 22.7 Å². The standard InChI is InChI=1S/C46H54N2O8/c1-5-54-44(52)46-26-33(46)19-13-8-6-7-10-17-32-22-42(50)55-29-45(2,3)20-14-18-31-21-35-37(25-40(31)53-4)47-36(30-15-11-9-12-16-30)24-41(35)56-34-23-38(39(49)27-46)48(28-34)43(32)51/h9,11-16,18-19,21,24-25,32-34,38H,5-8,10,17,20,22-23,26-29H2,1-4H3/b18-14+,19-13-/t32-,33-,34-,38+,46-/m1/s1. The normalized spacial score (nSPS) is 28.1. The fourth-order valence-electron chi connectivity index (χ4n) is 8.55. The van der Waals surface area contributed by atoms with Crippen LogP contribution in [0.15, 0.2) is 66.8 Å². The summed E-state index contributed by atoms with van der Waals surface area (Å²) in [5.41, 5.74) is 1.81. The van der Waals surface area contributed by atoms with Crippen LogP contribution in [0.4, 0.5) is 0 Å². The van der Waals surface area contributed by atoms with Crippen LogP contribution in [-0.4, -0.2) is 72.5 Å². The van der Waals surface area contributed by atoms with E-state index in [1.165, 1.54) is 0 Å². The maximum absolute atomic E-state index is 14.8. The number of benzene rings is 2. The predicted octanol–water partition coefficient (Wildman–Crippen LogP) is 8.30. The maximum atomic E-state index is 14.8. The fraction of sp³-hybridized carbons (Fsp3) is 0.500. The Morgan fingerprint density at radius 3 is 2.64 bits per heavy atom. The zero-order valence-electron chi connectivity index (χ0n) is 33.1. The number of hydrogen-bond donors (Lipinski definition) is 0. The molecule has 0 unspecified atom stereocenters. The van der Waals surface area contributed by atoms with Crippen molar-refractivity contribution >= 4 is 40.6 Å². The number of Topliss-reactive ketones (excluding diaryl/α,β-unsaturated/α-hetero) is 1. The van der Waals surface area contributed by atoms with Gasteiger partial charge in [0.25, 0.3) is 0 Å². The van der Waals surface area contributed by atoms with Gasteiger partial charge < -0.3 is 23.8 Å². The lowest BCUT2D eigenvalue weighted by Crippen LogP contribution is -2.45. The molecule has 296 valence electrons. The lowest BCUT2D eigenvalue weighted by Gasteiger charge is -2.29. The van der Waals surface area contributed by atoms with Crippen molar-refractivity contribution in [2.24, 2.45) is 22.7 Å². The molecule has 3 aliphatic heterocycles. The molecule has 0 spiro atoms. The van der Waals surface area contributed by atoms with E-state index in [1.807, 2.05) is 68.5 Å². The van der Waals surface area contributed by atoms with Crippen molar-refractivity contribution in [1.29, 1.82) is 0 Å². The van der Waals surface area contributed by atoms with Gasteiger partial charge in [0.1, 0.15) is 17.6 Å². The van der Waals surface area contributed by atoms with Gasteiger partial charge in [0.15, 0.2) is 5.78 Å². The molecular formula is C46H54N2O8. The first-order valence-corrected chi connectivity index (χ1v) is 20.2. The summed E-state index contributed by atoms with van der Waals surface area (Å²) in [7, 11) is 1.63. The van der Waals surface area contributed by atoms with Crippen LogP contribution in [0.2, 0.25) is 0 Å². The van der Waals surface area contributed by atoms with Gasteiger partial charge in [0, 0.05) is 52.8 Å². The van der Waals surface area contributed by atoms with Crippen LogP contribution in [-0.2, 0) is 28.7 Å². The van der Waals surface area contributed by atoms with Gasteiger partial charge in [-0.25, -0.2) is 4.98 Å². The zero-order valence-corrected chi connectivity index (χ0v) is 33.1. The van der Waals surface area contributed by atoms with E-state index < -0.39 is 29.4 Å². The van der Waals surface area contributed by atoms with Crippen LogP contribution < -0.4 is 9.47 Å². The number of carbonyl (C=O) groups is 4. The minimum Gasteiger partial charge on any atom is -0.496 e. The molecule has 10 nitrogen and oxygen atoms in total. The Hall–Kier alpha value is -4.99. The predicted molar refractivity (Wildman–Crippen MR) is 214 cm³/mol. The lowest BCUT2D eigenvalue weighted by atomic mass is 9.89. The van der Waals surface area contributed by atoms with Crippen LogP contribution in [0.3, 0.4) is 0 Å². The third-order valence-corrected chi connectivity index (χ3v) is 11.9. The average molecular weight is 763 g/mol. The molecule has 4 aliphatic rings. The molecule has 1 amide bonds. The quantitative estimate of drug-likeness (QED) is 0.191. The molecule has 1 aliphatic carbocycles. The van der Waals surface area contributed by atoms with Crippen molar-refractivity contribution in [3.05, 3.63) is 72.3 Å². The van der Waals surface area contributed by atoms with E-state index in [4.69, 9.17) is 23.9 Å². The topological polar surface area (TPSA) is 121 Å². The highest BCUT2D eigenvalue weighted by molar-refractivity contribution is 5.96. The number of aromatic nitrogens is 1. The number of esters is 2. The summed E-state index contributed by atoms with van der Waals surface area (Å²) in [6.45, 7) is 6.41. The summed E-state index contributed by atoms with van der Waals surface area (Å²) < 4.78 is 24.1. The number of cyclic esters (lactones) is 1. The lowest BCUT2D eigenvalue weighted by molar-refractivity contribution is -0.154. The molecule has 2 fully saturated rings. The maximum Gasteiger partial charge on any atom is 0.313 e. The molecule has 1 saturated heterocycles. The number of fused-ring (bicyclic) bond motifs is 4. The average Bonchev–Trinajstić information content (AvgIpc) is 3.72. The van der Waals surface area contributed by atoms with Gasteiger partial charge in [-0.05, 0) is 51.0 Å². The largest absolute Gasteiger partial charge is 0.496 e. The summed E-state index contributed by atoms with van der Waals surface area (Å²) in [4.78, 5) is 62.9. The summed E-state index contributed by atoms with van der Waals surface area (Å²) in [6.07, 6.45) is 12.9. The zero-order chi connectivity index (χ0) is 39.5. The van der Waals surface area contributed by atoms with Gasteiger partial charge in [0.05, 0.1) is 56.0 Å². The number of pyridine rings is 1. The SMILES string of the molecule is CCOC(=O)[C@]12CC(=O)[C@@H]3C[C@@H]4CN3C(=O)[C@H](CCCCC/C=C\[C@@H]1C2)CC(=O)OCC(C)(C)C/C=C/c1cc2c(cc(-c3ccccc3)nc2cc1OC)O4. The number of methoxy groups -OCH3 is 1. The number of allylic oxidation sites excluding steroid dienone is 3. The smallest absolute Gasteiger partial charge is 0.313 e. The minimum atomic E-state index is -0.950. The van der Waals surface area contributed by atoms with E-state index in [0.29, 0.717) is 42.0 Å². The molecular weight excluding hydrogens is 709 g/mol. The van der Waals surface area contributed by atoms with E-state index in [1.54, 1.807) is 18.9 Å². The fourth-order valence-corrected chi connectivity index (χ4v) is 8.55. The highest BCUT2D eigenvalue weighted by Gasteiger charge is 2.61. The molecule has 1 saturated carbocycles. The molecule has 0 N–H and O–H groups in total. The summed E-state index contributed by atoms with van der Waals surface area (Å²) in [5.74, 6) is -0.772. The van der Waals surface area contributed by atoms with Gasteiger partial charge in [-0.2, -0.15) is 0 Å². The van der Waals surface area contributed by atoms with Crippen molar-refractivity contribution in [1.82, 2.24) is 9.88 Å². The Balaban J connectivity index is 1.32. The number of ether oxygens (including phenoxy) is 4. The first-order chi connectivity index (χ1) is 27.0. The van der Waals surface area contributed by atoms with Crippen LogP contribution in [0.5, 0.6) is 11.5 Å². The van der Waals surface area contributed by atoms with Crippen molar-refractivity contribution < 1.29 is 38.1 Å². The minimum absolute atomic E-state index is 0.0321. The number of ketones is 1. The molecule has 0 radical (unpaired) electrons. The van der Waals surface area contributed by atoms with Crippen molar-refractivity contribution in [3.63, 3.8) is 0 Å². The Labute approximate surface area is 329 Å². The summed E-state index contributed by atoms with van der Waals surface area (Å²) in [6, 6.07) is 14.9. The molecule has 10 heteroatoms. The second-order valence-electron chi connectivity index (χ2n) is 16.7. The first kappa shape index (κ1) is 39.3.